The fraction of sp³-hybridized carbons (Fsp3) is 0.278. The van der Waals surface area contributed by atoms with Gasteiger partial charge in [-0.2, -0.15) is 0 Å². The van der Waals surface area contributed by atoms with Crippen LogP contribution in [-0.2, 0) is 4.79 Å². The molecule has 1 N–H and O–H groups in total. The van der Waals surface area contributed by atoms with E-state index < -0.39 is 5.82 Å². The lowest BCUT2D eigenvalue weighted by molar-refractivity contribution is -0.123. The zero-order chi connectivity index (χ0) is 16.8. The summed E-state index contributed by atoms with van der Waals surface area (Å²) >= 11 is 0. The predicted octanol–water partition coefficient (Wildman–Crippen LogP) is 3.40. The molecule has 0 saturated carbocycles. The topological polar surface area (TPSA) is 47.6 Å². The third-order valence-electron chi connectivity index (χ3n) is 3.41. The highest BCUT2D eigenvalue weighted by Gasteiger charge is 2.12. The molecule has 0 radical (unpaired) electrons. The van der Waals surface area contributed by atoms with Crippen molar-refractivity contribution in [2.24, 2.45) is 0 Å². The van der Waals surface area contributed by atoms with Crippen LogP contribution in [0.2, 0.25) is 0 Å². The number of nitrogens with one attached hydrogen (secondary N) is 1. The van der Waals surface area contributed by atoms with E-state index in [-0.39, 0.29) is 24.3 Å². The zero-order valence-corrected chi connectivity index (χ0v) is 13.4. The van der Waals surface area contributed by atoms with Gasteiger partial charge in [-0.1, -0.05) is 18.2 Å². The molecular formula is C18H20FNO3. The number of amides is 1. The van der Waals surface area contributed by atoms with Gasteiger partial charge in [-0.05, 0) is 49.2 Å². The predicted molar refractivity (Wildman–Crippen MR) is 86.2 cm³/mol. The average molecular weight is 317 g/mol. The van der Waals surface area contributed by atoms with E-state index in [4.69, 9.17) is 9.47 Å². The van der Waals surface area contributed by atoms with E-state index in [0.717, 1.165) is 5.56 Å². The fourth-order valence-electron chi connectivity index (χ4n) is 2.17. The van der Waals surface area contributed by atoms with Gasteiger partial charge in [-0.25, -0.2) is 4.39 Å². The Morgan fingerprint density at radius 1 is 1.26 bits per heavy atom. The Hall–Kier alpha value is -2.56. The Morgan fingerprint density at radius 3 is 2.70 bits per heavy atom. The van der Waals surface area contributed by atoms with Gasteiger partial charge in [0.1, 0.15) is 5.75 Å². The second-order valence-electron chi connectivity index (χ2n) is 5.29. The highest BCUT2D eigenvalue weighted by Crippen LogP contribution is 2.21. The second-order valence-corrected chi connectivity index (χ2v) is 5.29. The second kappa shape index (κ2) is 7.63. The van der Waals surface area contributed by atoms with Gasteiger partial charge in [0, 0.05) is 0 Å². The summed E-state index contributed by atoms with van der Waals surface area (Å²) in [6.07, 6.45) is 0. The molecule has 0 aliphatic rings. The molecule has 1 atom stereocenters. The first-order valence-electron chi connectivity index (χ1n) is 7.32. The van der Waals surface area contributed by atoms with Crippen LogP contribution in [0.25, 0.3) is 0 Å². The minimum Gasteiger partial charge on any atom is -0.494 e. The van der Waals surface area contributed by atoms with E-state index in [1.54, 1.807) is 19.1 Å². The Morgan fingerprint density at radius 2 is 2.04 bits per heavy atom. The maximum absolute atomic E-state index is 13.7. The van der Waals surface area contributed by atoms with Crippen LogP contribution in [0.4, 0.5) is 4.39 Å². The first-order valence-corrected chi connectivity index (χ1v) is 7.32. The van der Waals surface area contributed by atoms with Gasteiger partial charge in [0.25, 0.3) is 5.91 Å². The molecule has 0 spiro atoms. The van der Waals surface area contributed by atoms with Crippen LogP contribution < -0.4 is 14.8 Å². The Labute approximate surface area is 135 Å². The molecule has 0 aliphatic carbocycles. The number of benzene rings is 2. The lowest BCUT2D eigenvalue weighted by Crippen LogP contribution is -2.31. The van der Waals surface area contributed by atoms with Crippen molar-refractivity contribution in [2.75, 3.05) is 13.7 Å². The van der Waals surface area contributed by atoms with Gasteiger partial charge in [0.2, 0.25) is 0 Å². The highest BCUT2D eigenvalue weighted by molar-refractivity contribution is 5.78. The molecule has 2 aromatic rings. The molecule has 23 heavy (non-hydrogen) atoms. The number of aryl methyl sites for hydroxylation is 1. The van der Waals surface area contributed by atoms with Gasteiger partial charge >= 0.3 is 0 Å². The minimum atomic E-state index is -0.456. The molecule has 5 heteroatoms. The Kier molecular flexibility index (Phi) is 5.57. The summed E-state index contributed by atoms with van der Waals surface area (Å²) in [6.45, 7) is 3.64. The molecule has 0 heterocycles. The van der Waals surface area contributed by atoms with Gasteiger partial charge < -0.3 is 14.8 Å². The van der Waals surface area contributed by atoms with Gasteiger partial charge in [-0.3, -0.25) is 4.79 Å². The SMILES string of the molecule is COc1ccc(C(C)NC(=O)COc2cccc(C)c2)cc1F. The van der Waals surface area contributed by atoms with Crippen LogP contribution >= 0.6 is 0 Å². The summed E-state index contributed by atoms with van der Waals surface area (Å²) in [5.74, 6) is 0.0932. The Balaban J connectivity index is 1.90. The van der Waals surface area contributed by atoms with Crippen LogP contribution in [-0.4, -0.2) is 19.6 Å². The quantitative estimate of drug-likeness (QED) is 0.888. The van der Waals surface area contributed by atoms with Crippen LogP contribution in [0.3, 0.4) is 0 Å². The number of rotatable bonds is 6. The van der Waals surface area contributed by atoms with Crippen molar-refractivity contribution in [3.63, 3.8) is 0 Å². The van der Waals surface area contributed by atoms with Crippen molar-refractivity contribution in [1.29, 1.82) is 0 Å². The first kappa shape index (κ1) is 16.8. The van der Waals surface area contributed by atoms with Gasteiger partial charge in [0.05, 0.1) is 13.2 Å². The van der Waals surface area contributed by atoms with Crippen molar-refractivity contribution in [3.05, 3.63) is 59.4 Å². The zero-order valence-electron chi connectivity index (χ0n) is 13.4. The monoisotopic (exact) mass is 317 g/mol. The summed E-state index contributed by atoms with van der Waals surface area (Å²) in [7, 11) is 1.41. The Bertz CT molecular complexity index is 688. The molecule has 122 valence electrons. The maximum atomic E-state index is 13.7. The number of methoxy groups -OCH3 is 1. The molecule has 0 bridgehead atoms. The van der Waals surface area contributed by atoms with E-state index >= 15 is 0 Å². The molecule has 0 aromatic heterocycles. The number of hydrogen-bond donors (Lipinski definition) is 1. The highest BCUT2D eigenvalue weighted by atomic mass is 19.1. The lowest BCUT2D eigenvalue weighted by Gasteiger charge is -2.15. The molecule has 0 aliphatic heterocycles. The van der Waals surface area contributed by atoms with Crippen molar-refractivity contribution < 1.29 is 18.7 Å². The maximum Gasteiger partial charge on any atom is 0.258 e. The summed E-state index contributed by atoms with van der Waals surface area (Å²) in [5, 5.41) is 2.77. The fourth-order valence-corrected chi connectivity index (χ4v) is 2.17. The largest absolute Gasteiger partial charge is 0.494 e. The normalized spacial score (nSPS) is 11.7. The molecular weight excluding hydrogens is 297 g/mol. The summed E-state index contributed by atoms with van der Waals surface area (Å²) in [6, 6.07) is 11.7. The minimum absolute atomic E-state index is 0.0908. The average Bonchev–Trinajstić information content (AvgIpc) is 2.53. The summed E-state index contributed by atoms with van der Waals surface area (Å²) in [5.41, 5.74) is 1.72. The van der Waals surface area contributed by atoms with Gasteiger partial charge in [-0.15, -0.1) is 0 Å². The van der Waals surface area contributed by atoms with Crippen LogP contribution in [0, 0.1) is 12.7 Å². The number of carbonyl (C=O) groups is 1. The smallest absolute Gasteiger partial charge is 0.258 e. The number of carbonyl (C=O) groups excluding carboxylic acids is 1. The third kappa shape index (κ3) is 4.71. The first-order chi connectivity index (χ1) is 11.0. The van der Waals surface area contributed by atoms with E-state index in [1.807, 2.05) is 25.1 Å². The van der Waals surface area contributed by atoms with Crippen LogP contribution in [0.1, 0.15) is 24.1 Å². The van der Waals surface area contributed by atoms with Crippen molar-refractivity contribution in [2.45, 2.75) is 19.9 Å². The third-order valence-corrected chi connectivity index (χ3v) is 3.41. The van der Waals surface area contributed by atoms with E-state index in [2.05, 4.69) is 5.32 Å². The van der Waals surface area contributed by atoms with Gasteiger partial charge in [0.15, 0.2) is 18.2 Å². The van der Waals surface area contributed by atoms with Crippen LogP contribution in [0.15, 0.2) is 42.5 Å². The molecule has 1 amide bonds. The van der Waals surface area contributed by atoms with E-state index in [0.29, 0.717) is 11.3 Å². The molecule has 1 unspecified atom stereocenters. The van der Waals surface area contributed by atoms with Crippen molar-refractivity contribution in [3.8, 4) is 11.5 Å². The summed E-state index contributed by atoms with van der Waals surface area (Å²) in [4.78, 5) is 11.9. The lowest BCUT2D eigenvalue weighted by atomic mass is 10.1. The number of ether oxygens (including phenoxy) is 2. The molecule has 4 nitrogen and oxygen atoms in total. The molecule has 0 saturated heterocycles. The molecule has 2 rings (SSSR count). The standard InChI is InChI=1S/C18H20FNO3/c1-12-5-4-6-15(9-12)23-11-18(21)20-13(2)14-7-8-17(22-3)16(19)10-14/h4-10,13H,11H2,1-3H3,(H,20,21). The van der Waals surface area contributed by atoms with Crippen molar-refractivity contribution >= 4 is 5.91 Å². The molecule has 2 aromatic carbocycles. The van der Waals surface area contributed by atoms with Crippen LogP contribution in [0.5, 0.6) is 11.5 Å². The molecule has 0 fully saturated rings. The van der Waals surface area contributed by atoms with E-state index in [1.165, 1.54) is 19.2 Å². The van der Waals surface area contributed by atoms with Crippen molar-refractivity contribution in [1.82, 2.24) is 5.32 Å². The summed E-state index contributed by atoms with van der Waals surface area (Å²) < 4.78 is 24.0. The number of halogens is 1. The van der Waals surface area contributed by atoms with E-state index in [9.17, 15) is 9.18 Å². The number of hydrogen-bond acceptors (Lipinski definition) is 3.